The maximum atomic E-state index is 15.2. The predicted molar refractivity (Wildman–Crippen MR) is 137 cm³/mol. The number of halogens is 4. The number of hydrogen-bond acceptors (Lipinski definition) is 5. The van der Waals surface area contributed by atoms with Crippen LogP contribution < -0.4 is 20.5 Å². The third-order valence-electron chi connectivity index (χ3n) is 4.98. The fourth-order valence-electron chi connectivity index (χ4n) is 3.38. The summed E-state index contributed by atoms with van der Waals surface area (Å²) in [4.78, 5) is 15.9. The number of fused-ring (bicyclic) bond motifs is 1. The molecule has 35 heavy (non-hydrogen) atoms. The highest BCUT2D eigenvalue weighted by Crippen LogP contribution is 2.36. The number of nitrogens with two attached hydrogens (primary N) is 1. The summed E-state index contributed by atoms with van der Waals surface area (Å²) >= 11 is 15.6. The minimum absolute atomic E-state index is 0.0497. The van der Waals surface area contributed by atoms with E-state index in [1.54, 1.807) is 18.2 Å². The van der Waals surface area contributed by atoms with Crippen LogP contribution in [0.1, 0.15) is 16.1 Å². The second-order valence-electron chi connectivity index (χ2n) is 7.45. The molecule has 1 aromatic heterocycles. The number of nitrogens with one attached hydrogen (secondary N) is 2. The highest BCUT2D eigenvalue weighted by Gasteiger charge is 2.19. The Morgan fingerprint density at radius 3 is 2.69 bits per heavy atom. The van der Waals surface area contributed by atoms with Crippen LogP contribution in [0, 0.1) is 5.82 Å². The van der Waals surface area contributed by atoms with Gasteiger partial charge >= 0.3 is 0 Å². The van der Waals surface area contributed by atoms with E-state index in [0.717, 1.165) is 5.39 Å². The van der Waals surface area contributed by atoms with E-state index in [4.69, 9.17) is 43.5 Å². The normalized spacial score (nSPS) is 11.0. The van der Waals surface area contributed by atoms with Crippen molar-refractivity contribution in [1.82, 2.24) is 10.3 Å². The molecule has 0 radical (unpaired) electrons. The quantitative estimate of drug-likeness (QED) is 0.189. The highest BCUT2D eigenvalue weighted by molar-refractivity contribution is 9.10. The second-order valence-corrected chi connectivity index (χ2v) is 9.08. The van der Waals surface area contributed by atoms with Gasteiger partial charge in [0.25, 0.3) is 5.91 Å². The number of amides is 1. The second kappa shape index (κ2) is 10.7. The Balaban J connectivity index is 1.52. The van der Waals surface area contributed by atoms with Crippen LogP contribution in [0.3, 0.4) is 0 Å². The van der Waals surface area contributed by atoms with Crippen molar-refractivity contribution < 1.29 is 23.8 Å². The SMILES string of the molecule is Nc1cc(Cl)cc(Oc2c(Cl)ccc(CNC(=O)c3[nH]c4cc(OCCO)ccc4c3Br)c2F)c1. The van der Waals surface area contributed by atoms with Gasteiger partial charge in [0, 0.05) is 40.3 Å². The van der Waals surface area contributed by atoms with Gasteiger partial charge < -0.3 is 30.6 Å². The molecule has 4 aromatic rings. The largest absolute Gasteiger partial charge is 0.491 e. The standard InChI is InChI=1S/C24H19BrCl2FN3O4/c25-20-17-3-2-15(34-6-5-32)10-19(17)31-22(20)24(33)30-11-12-1-4-18(27)23(21(12)28)35-16-8-13(26)7-14(29)9-16/h1-4,7-10,31-32H,5-6,11,29H2,(H,30,33). The molecule has 11 heteroatoms. The van der Waals surface area contributed by atoms with Crippen LogP contribution in [-0.2, 0) is 6.54 Å². The number of carbonyl (C=O) groups is 1. The molecule has 0 saturated heterocycles. The number of hydrogen-bond donors (Lipinski definition) is 4. The van der Waals surface area contributed by atoms with E-state index in [0.29, 0.717) is 26.4 Å². The number of aromatic nitrogens is 1. The molecule has 0 unspecified atom stereocenters. The van der Waals surface area contributed by atoms with Gasteiger partial charge in [-0.15, -0.1) is 0 Å². The van der Waals surface area contributed by atoms with Crippen molar-refractivity contribution in [1.29, 1.82) is 0 Å². The van der Waals surface area contributed by atoms with Crippen LogP contribution in [0.15, 0.2) is 53.0 Å². The Kier molecular flexibility index (Phi) is 7.71. The van der Waals surface area contributed by atoms with Crippen LogP contribution >= 0.6 is 39.1 Å². The van der Waals surface area contributed by atoms with Crippen molar-refractivity contribution in [3.63, 3.8) is 0 Å². The molecule has 4 rings (SSSR count). The van der Waals surface area contributed by atoms with Gasteiger partial charge in [0.1, 0.15) is 23.8 Å². The molecule has 0 saturated carbocycles. The lowest BCUT2D eigenvalue weighted by Crippen LogP contribution is -2.24. The molecule has 7 nitrogen and oxygen atoms in total. The summed E-state index contributed by atoms with van der Waals surface area (Å²) in [6.07, 6.45) is 0. The fourth-order valence-corrected chi connectivity index (χ4v) is 4.42. The first-order valence-electron chi connectivity index (χ1n) is 10.3. The lowest BCUT2D eigenvalue weighted by atomic mass is 10.2. The van der Waals surface area contributed by atoms with Gasteiger partial charge in [-0.3, -0.25) is 4.79 Å². The molecule has 0 aliphatic carbocycles. The zero-order chi connectivity index (χ0) is 25.1. The summed E-state index contributed by atoms with van der Waals surface area (Å²) in [5, 5.41) is 12.8. The molecule has 0 aliphatic heterocycles. The zero-order valence-electron chi connectivity index (χ0n) is 18.0. The molecule has 0 aliphatic rings. The number of aromatic amines is 1. The van der Waals surface area contributed by atoms with E-state index in [1.165, 1.54) is 30.3 Å². The molecule has 0 fully saturated rings. The van der Waals surface area contributed by atoms with Gasteiger partial charge in [0.05, 0.1) is 21.6 Å². The number of aliphatic hydroxyl groups excluding tert-OH is 1. The van der Waals surface area contributed by atoms with Gasteiger partial charge in [0.2, 0.25) is 0 Å². The first-order valence-corrected chi connectivity index (χ1v) is 11.9. The summed E-state index contributed by atoms with van der Waals surface area (Å²) in [5.41, 5.74) is 7.20. The van der Waals surface area contributed by atoms with Crippen molar-refractivity contribution >= 4 is 61.6 Å². The monoisotopic (exact) mass is 581 g/mol. The van der Waals surface area contributed by atoms with Crippen molar-refractivity contribution in [3.8, 4) is 17.2 Å². The van der Waals surface area contributed by atoms with Gasteiger partial charge in [-0.25, -0.2) is 4.39 Å². The van der Waals surface area contributed by atoms with E-state index >= 15 is 4.39 Å². The van der Waals surface area contributed by atoms with Crippen LogP contribution in [-0.4, -0.2) is 29.2 Å². The number of nitrogen functional groups attached to an aromatic ring is 1. The number of carbonyl (C=O) groups excluding carboxylic acids is 1. The van der Waals surface area contributed by atoms with Crippen molar-refractivity contribution in [2.24, 2.45) is 0 Å². The number of rotatable bonds is 8. The number of aliphatic hydroxyl groups is 1. The number of anilines is 1. The number of benzene rings is 3. The molecule has 0 spiro atoms. The Bertz CT molecular complexity index is 1390. The lowest BCUT2D eigenvalue weighted by molar-refractivity contribution is 0.0945. The van der Waals surface area contributed by atoms with E-state index in [-0.39, 0.29) is 47.5 Å². The summed E-state index contributed by atoms with van der Waals surface area (Å²) in [7, 11) is 0. The fraction of sp³-hybridized carbons (Fsp3) is 0.125. The molecule has 182 valence electrons. The first kappa shape index (κ1) is 25.1. The summed E-state index contributed by atoms with van der Waals surface area (Å²) in [6.45, 7) is -0.0758. The average Bonchev–Trinajstić information content (AvgIpc) is 3.15. The van der Waals surface area contributed by atoms with Gasteiger partial charge in [0.15, 0.2) is 11.6 Å². The maximum absolute atomic E-state index is 15.2. The van der Waals surface area contributed by atoms with Crippen LogP contribution in [0.5, 0.6) is 17.2 Å². The molecule has 5 N–H and O–H groups in total. The molecule has 1 heterocycles. The molecule has 0 atom stereocenters. The summed E-state index contributed by atoms with van der Waals surface area (Å²) < 4.78 is 26.8. The minimum Gasteiger partial charge on any atom is -0.491 e. The lowest BCUT2D eigenvalue weighted by Gasteiger charge is -2.13. The number of ether oxygens (including phenoxy) is 2. The number of H-pyrrole nitrogens is 1. The molecule has 1 amide bonds. The third-order valence-corrected chi connectivity index (χ3v) is 6.32. The van der Waals surface area contributed by atoms with Crippen LogP contribution in [0.25, 0.3) is 10.9 Å². The van der Waals surface area contributed by atoms with Gasteiger partial charge in [-0.1, -0.05) is 29.3 Å². The van der Waals surface area contributed by atoms with Gasteiger partial charge in [-0.2, -0.15) is 0 Å². The van der Waals surface area contributed by atoms with Crippen molar-refractivity contribution in [2.45, 2.75) is 6.54 Å². The summed E-state index contributed by atoms with van der Waals surface area (Å²) in [6, 6.07) is 12.7. The predicted octanol–water partition coefficient (Wildman–Crippen LogP) is 6.05. The van der Waals surface area contributed by atoms with E-state index in [9.17, 15) is 4.79 Å². The van der Waals surface area contributed by atoms with Crippen LogP contribution in [0.4, 0.5) is 10.1 Å². The van der Waals surface area contributed by atoms with Crippen molar-refractivity contribution in [2.75, 3.05) is 18.9 Å². The Morgan fingerprint density at radius 2 is 1.94 bits per heavy atom. The Labute approximate surface area is 218 Å². The highest BCUT2D eigenvalue weighted by atomic mass is 79.9. The Morgan fingerprint density at radius 1 is 1.14 bits per heavy atom. The minimum atomic E-state index is -0.724. The maximum Gasteiger partial charge on any atom is 0.269 e. The average molecular weight is 583 g/mol. The van der Waals surface area contributed by atoms with Crippen LogP contribution in [0.2, 0.25) is 10.0 Å². The topological polar surface area (TPSA) is 110 Å². The zero-order valence-corrected chi connectivity index (χ0v) is 21.1. The van der Waals surface area contributed by atoms with Crippen molar-refractivity contribution in [3.05, 3.63) is 80.1 Å². The third kappa shape index (κ3) is 5.65. The molecular weight excluding hydrogens is 564 g/mol. The molecule has 3 aromatic carbocycles. The van der Waals surface area contributed by atoms with E-state index in [2.05, 4.69) is 26.2 Å². The smallest absolute Gasteiger partial charge is 0.269 e. The first-order chi connectivity index (χ1) is 16.8. The van der Waals surface area contributed by atoms with E-state index in [1.807, 2.05) is 0 Å². The molecular formula is C24H19BrCl2FN3O4. The van der Waals surface area contributed by atoms with Gasteiger partial charge in [-0.05, 0) is 46.3 Å². The van der Waals surface area contributed by atoms with E-state index < -0.39 is 11.7 Å². The summed E-state index contributed by atoms with van der Waals surface area (Å²) in [5.74, 6) is -0.615. The Hall–Kier alpha value is -2.98. The molecule has 0 bridgehead atoms.